The van der Waals surface area contributed by atoms with Crippen molar-refractivity contribution >= 4 is 21.9 Å². The highest BCUT2D eigenvalue weighted by atomic mass is 79.9. The maximum Gasteiger partial charge on any atom is 0.347 e. The van der Waals surface area contributed by atoms with Crippen molar-refractivity contribution in [3.05, 3.63) is 62.8 Å². The molecule has 0 radical (unpaired) electrons. The number of halogens is 1. The predicted molar refractivity (Wildman–Crippen MR) is 120 cm³/mol. The minimum atomic E-state index is -1.30. The average Bonchev–Trinajstić information content (AvgIpc) is 2.97. The van der Waals surface area contributed by atoms with Gasteiger partial charge in [0.25, 0.3) is 0 Å². The molecule has 1 aliphatic heterocycles. The molecule has 0 unspecified atom stereocenters. The molecule has 3 aromatic rings. The summed E-state index contributed by atoms with van der Waals surface area (Å²) >= 11 is 3.48. The lowest BCUT2D eigenvalue weighted by molar-refractivity contribution is -0.152. The minimum absolute atomic E-state index is 0.555. The molecule has 6 nitrogen and oxygen atoms in total. The normalized spacial score (nSPS) is 13.1. The molecule has 0 atom stereocenters. The maximum absolute atomic E-state index is 11.4. The zero-order valence-electron chi connectivity index (χ0n) is 17.9. The zero-order valence-corrected chi connectivity index (χ0v) is 19.5. The van der Waals surface area contributed by atoms with Crippen molar-refractivity contribution in [2.75, 3.05) is 6.61 Å². The number of aliphatic carboxylic acids is 1. The second-order valence-electron chi connectivity index (χ2n) is 8.33. The highest BCUT2D eigenvalue weighted by Crippen LogP contribution is 2.39. The second kappa shape index (κ2) is 8.04. The molecular formula is C24H24BrNO5. The van der Waals surface area contributed by atoms with E-state index in [9.17, 15) is 9.90 Å². The van der Waals surface area contributed by atoms with Gasteiger partial charge in [0.1, 0.15) is 11.5 Å². The number of carboxylic acid groups (broad SMARTS) is 1. The number of ether oxygens (including phenoxy) is 2. The van der Waals surface area contributed by atoms with Gasteiger partial charge in [0, 0.05) is 22.9 Å². The molecule has 1 aliphatic rings. The fourth-order valence-corrected chi connectivity index (χ4v) is 4.15. The molecule has 4 rings (SSSR count). The first-order valence-electron chi connectivity index (χ1n) is 10.1. The van der Waals surface area contributed by atoms with Crippen LogP contribution in [0.4, 0.5) is 0 Å². The number of hydrogen-bond donors (Lipinski definition) is 1. The molecule has 2 heterocycles. The van der Waals surface area contributed by atoms with E-state index >= 15 is 0 Å². The maximum atomic E-state index is 11.4. The number of fused-ring (bicyclic) bond motifs is 3. The lowest BCUT2D eigenvalue weighted by Crippen LogP contribution is -2.38. The molecule has 0 amide bonds. The van der Waals surface area contributed by atoms with E-state index in [-0.39, 0.29) is 0 Å². The molecule has 0 saturated carbocycles. The van der Waals surface area contributed by atoms with Gasteiger partial charge < -0.3 is 19.1 Å². The fraction of sp³-hybridized carbons (Fsp3) is 0.333. The topological polar surface area (TPSA) is 81.8 Å². The third-order valence-corrected chi connectivity index (χ3v) is 5.92. The molecule has 7 heteroatoms. The Morgan fingerprint density at radius 3 is 2.61 bits per heavy atom. The van der Waals surface area contributed by atoms with Gasteiger partial charge in [-0.1, -0.05) is 33.2 Å². The fourth-order valence-electron chi connectivity index (χ4n) is 3.81. The Bertz CT molecular complexity index is 1140. The van der Waals surface area contributed by atoms with E-state index in [0.29, 0.717) is 25.2 Å². The van der Waals surface area contributed by atoms with E-state index in [4.69, 9.17) is 14.0 Å². The third-order valence-electron chi connectivity index (χ3n) is 5.43. The summed E-state index contributed by atoms with van der Waals surface area (Å²) in [5, 5.41) is 13.7. The Morgan fingerprint density at radius 2 is 1.94 bits per heavy atom. The largest absolute Gasteiger partial charge is 0.492 e. The first-order valence-corrected chi connectivity index (χ1v) is 10.9. The SMILES string of the molecule is Cc1cc(Cc2noc3c2CCOc2cc(Br)ccc2-3)cc(C)c1OC(C)(C)C(=O)O. The molecule has 2 aromatic carbocycles. The number of rotatable bonds is 5. The molecule has 0 aliphatic carbocycles. The molecule has 1 N–H and O–H groups in total. The zero-order chi connectivity index (χ0) is 22.3. The van der Waals surface area contributed by atoms with Crippen molar-refractivity contribution in [1.82, 2.24) is 5.16 Å². The van der Waals surface area contributed by atoms with Gasteiger partial charge in [-0.2, -0.15) is 0 Å². The molecule has 0 saturated heterocycles. The number of carbonyl (C=O) groups is 1. The van der Waals surface area contributed by atoms with Crippen LogP contribution in [0.3, 0.4) is 0 Å². The summed E-state index contributed by atoms with van der Waals surface area (Å²) in [6, 6.07) is 9.91. The quantitative estimate of drug-likeness (QED) is 0.514. The van der Waals surface area contributed by atoms with Crippen molar-refractivity contribution < 1.29 is 23.9 Å². The Labute approximate surface area is 189 Å². The molecule has 0 fully saturated rings. The monoisotopic (exact) mass is 485 g/mol. The van der Waals surface area contributed by atoms with Gasteiger partial charge in [-0.05, 0) is 62.6 Å². The van der Waals surface area contributed by atoms with Gasteiger partial charge in [-0.15, -0.1) is 0 Å². The van der Waals surface area contributed by atoms with Gasteiger partial charge in [-0.3, -0.25) is 0 Å². The highest BCUT2D eigenvalue weighted by Gasteiger charge is 2.31. The van der Waals surface area contributed by atoms with E-state index in [2.05, 4.69) is 21.1 Å². The summed E-state index contributed by atoms with van der Waals surface area (Å²) in [6.45, 7) is 7.50. The van der Waals surface area contributed by atoms with Crippen molar-refractivity contribution in [2.24, 2.45) is 0 Å². The Kier molecular flexibility index (Phi) is 5.56. The summed E-state index contributed by atoms with van der Waals surface area (Å²) in [6.07, 6.45) is 1.32. The Hall–Kier alpha value is -2.80. The number of aryl methyl sites for hydroxylation is 2. The van der Waals surface area contributed by atoms with Crippen LogP contribution in [0, 0.1) is 13.8 Å². The van der Waals surface area contributed by atoms with Gasteiger partial charge in [0.2, 0.25) is 0 Å². The van der Waals surface area contributed by atoms with Gasteiger partial charge in [0.05, 0.1) is 17.9 Å². The lowest BCUT2D eigenvalue weighted by atomic mass is 9.98. The average molecular weight is 486 g/mol. The van der Waals surface area contributed by atoms with Crippen LogP contribution in [0.25, 0.3) is 11.3 Å². The van der Waals surface area contributed by atoms with Crippen LogP contribution in [-0.4, -0.2) is 28.4 Å². The van der Waals surface area contributed by atoms with Crippen LogP contribution >= 0.6 is 15.9 Å². The summed E-state index contributed by atoms with van der Waals surface area (Å²) in [4.78, 5) is 11.4. The van der Waals surface area contributed by atoms with Gasteiger partial charge in [-0.25, -0.2) is 4.79 Å². The number of hydrogen-bond acceptors (Lipinski definition) is 5. The van der Waals surface area contributed by atoms with Crippen LogP contribution in [-0.2, 0) is 17.6 Å². The predicted octanol–water partition coefficient (Wildman–Crippen LogP) is 5.49. The molecule has 31 heavy (non-hydrogen) atoms. The minimum Gasteiger partial charge on any atom is -0.492 e. The smallest absolute Gasteiger partial charge is 0.347 e. The van der Waals surface area contributed by atoms with Crippen LogP contribution in [0.1, 0.15) is 41.8 Å². The van der Waals surface area contributed by atoms with Gasteiger partial charge in [0.15, 0.2) is 11.4 Å². The number of carboxylic acids is 1. The van der Waals surface area contributed by atoms with Crippen LogP contribution in [0.5, 0.6) is 11.5 Å². The van der Waals surface area contributed by atoms with Crippen molar-refractivity contribution in [2.45, 2.75) is 46.1 Å². The molecule has 0 bridgehead atoms. The summed E-state index contributed by atoms with van der Waals surface area (Å²) in [5.41, 5.74) is 4.38. The van der Waals surface area contributed by atoms with E-state index < -0.39 is 11.6 Å². The van der Waals surface area contributed by atoms with E-state index in [1.807, 2.05) is 44.2 Å². The Balaban J connectivity index is 1.64. The third kappa shape index (κ3) is 4.19. The second-order valence-corrected chi connectivity index (χ2v) is 9.24. The molecule has 0 spiro atoms. The van der Waals surface area contributed by atoms with Gasteiger partial charge >= 0.3 is 5.97 Å². The molecule has 162 valence electrons. The van der Waals surface area contributed by atoms with Crippen molar-refractivity contribution in [1.29, 1.82) is 0 Å². The molecular weight excluding hydrogens is 462 g/mol. The first kappa shape index (κ1) is 21.4. The van der Waals surface area contributed by atoms with E-state index in [1.165, 1.54) is 0 Å². The van der Waals surface area contributed by atoms with E-state index in [0.717, 1.165) is 49.5 Å². The van der Waals surface area contributed by atoms with Crippen molar-refractivity contribution in [3.8, 4) is 22.8 Å². The lowest BCUT2D eigenvalue weighted by Gasteiger charge is -2.24. The van der Waals surface area contributed by atoms with Crippen LogP contribution < -0.4 is 9.47 Å². The standard InChI is InChI=1S/C24H24BrNO5/c1-13-9-15(10-14(2)21(13)30-24(3,4)23(27)28)11-19-17-7-8-29-20-12-16(25)5-6-18(20)22(17)31-26-19/h5-6,9-10,12H,7-8,11H2,1-4H3,(H,27,28). The number of nitrogens with zero attached hydrogens (tertiary/aromatic N) is 1. The molecule has 1 aromatic heterocycles. The first-order chi connectivity index (χ1) is 14.7. The summed E-state index contributed by atoms with van der Waals surface area (Å²) in [5.74, 6) is 1.13. The number of benzene rings is 2. The summed E-state index contributed by atoms with van der Waals surface area (Å²) < 4.78 is 18.4. The number of aromatic nitrogens is 1. The summed E-state index contributed by atoms with van der Waals surface area (Å²) in [7, 11) is 0. The highest BCUT2D eigenvalue weighted by molar-refractivity contribution is 9.10. The van der Waals surface area contributed by atoms with Crippen molar-refractivity contribution in [3.63, 3.8) is 0 Å². The van der Waals surface area contributed by atoms with Crippen LogP contribution in [0.15, 0.2) is 39.3 Å². The van der Waals surface area contributed by atoms with E-state index in [1.54, 1.807) is 13.8 Å². The Morgan fingerprint density at radius 1 is 1.23 bits per heavy atom. The van der Waals surface area contributed by atoms with Crippen LogP contribution in [0.2, 0.25) is 0 Å².